The lowest BCUT2D eigenvalue weighted by Crippen LogP contribution is -2.07. The summed E-state index contributed by atoms with van der Waals surface area (Å²) in [5.41, 5.74) is 3.61. The van der Waals surface area contributed by atoms with E-state index in [1.807, 2.05) is 32.2 Å². The maximum atomic E-state index is 10.5. The lowest BCUT2D eigenvalue weighted by Gasteiger charge is -2.13. The summed E-state index contributed by atoms with van der Waals surface area (Å²) in [4.78, 5) is 4.40. The van der Waals surface area contributed by atoms with Crippen molar-refractivity contribution in [2.45, 2.75) is 45.6 Å². The Morgan fingerprint density at radius 2 is 2.05 bits per heavy atom. The summed E-state index contributed by atoms with van der Waals surface area (Å²) in [5, 5.41) is 15.4. The van der Waals surface area contributed by atoms with Crippen molar-refractivity contribution in [1.82, 2.24) is 14.8 Å². The van der Waals surface area contributed by atoms with Crippen LogP contribution in [-0.2, 0) is 19.9 Å². The molecule has 2 aromatic rings. The fraction of sp³-hybridized carbons (Fsp3) is 0.500. The Bertz CT molecular complexity index is 605. The summed E-state index contributed by atoms with van der Waals surface area (Å²) in [6.45, 7) is 6.18. The van der Waals surface area contributed by atoms with Gasteiger partial charge in [0.15, 0.2) is 0 Å². The number of aliphatic hydroxyl groups is 1. The summed E-state index contributed by atoms with van der Waals surface area (Å²) in [6.07, 6.45) is 2.57. The number of nitrogens with zero attached hydrogens (tertiary/aromatic N) is 3. The van der Waals surface area contributed by atoms with E-state index in [4.69, 9.17) is 11.6 Å². The van der Waals surface area contributed by atoms with Gasteiger partial charge in [0.25, 0.3) is 0 Å². The first-order valence-corrected chi connectivity index (χ1v) is 7.66. The molecule has 1 unspecified atom stereocenters. The molecule has 21 heavy (non-hydrogen) atoms. The average molecular weight is 308 g/mol. The minimum atomic E-state index is -0.691. The van der Waals surface area contributed by atoms with Gasteiger partial charge in [-0.05, 0) is 24.0 Å². The Morgan fingerprint density at radius 1 is 1.33 bits per heavy atom. The zero-order valence-corrected chi connectivity index (χ0v) is 13.7. The van der Waals surface area contributed by atoms with Gasteiger partial charge >= 0.3 is 0 Å². The molecule has 1 atom stereocenters. The number of halogens is 1. The second-order valence-electron chi connectivity index (χ2n) is 5.60. The quantitative estimate of drug-likeness (QED) is 0.920. The van der Waals surface area contributed by atoms with E-state index >= 15 is 0 Å². The lowest BCUT2D eigenvalue weighted by atomic mass is 9.99. The van der Waals surface area contributed by atoms with Crippen LogP contribution < -0.4 is 0 Å². The fourth-order valence-electron chi connectivity index (χ4n) is 2.36. The summed E-state index contributed by atoms with van der Waals surface area (Å²) in [5.74, 6) is 0.212. The van der Waals surface area contributed by atoms with E-state index in [0.29, 0.717) is 11.6 Å². The maximum Gasteiger partial charge on any atom is 0.132 e. The molecule has 0 aromatic carbocycles. The van der Waals surface area contributed by atoms with Gasteiger partial charge in [-0.2, -0.15) is 5.10 Å². The van der Waals surface area contributed by atoms with Crippen molar-refractivity contribution in [3.8, 4) is 0 Å². The third kappa shape index (κ3) is 3.44. The second kappa shape index (κ2) is 6.58. The van der Waals surface area contributed by atoms with Gasteiger partial charge in [-0.25, -0.2) is 0 Å². The first kappa shape index (κ1) is 16.0. The van der Waals surface area contributed by atoms with Gasteiger partial charge in [0.1, 0.15) is 5.15 Å². The molecular weight excluding hydrogens is 286 g/mol. The highest BCUT2D eigenvalue weighted by Crippen LogP contribution is 2.32. The molecule has 2 heterocycles. The number of aryl methyl sites for hydroxylation is 2. The Balaban J connectivity index is 2.25. The molecule has 0 radical (unpaired) electrons. The first-order valence-electron chi connectivity index (χ1n) is 7.28. The van der Waals surface area contributed by atoms with Crippen molar-refractivity contribution in [2.24, 2.45) is 7.05 Å². The van der Waals surface area contributed by atoms with E-state index in [2.05, 4.69) is 17.0 Å². The topological polar surface area (TPSA) is 50.9 Å². The van der Waals surface area contributed by atoms with Crippen molar-refractivity contribution >= 4 is 11.6 Å². The smallest absolute Gasteiger partial charge is 0.132 e. The van der Waals surface area contributed by atoms with Crippen LogP contribution in [0, 0.1) is 0 Å². The minimum absolute atomic E-state index is 0.212. The molecule has 0 aliphatic heterocycles. The molecule has 0 saturated heterocycles. The van der Waals surface area contributed by atoms with Crippen LogP contribution in [0.5, 0.6) is 0 Å². The molecule has 2 rings (SSSR count). The van der Waals surface area contributed by atoms with Crippen LogP contribution in [0.4, 0.5) is 0 Å². The number of hydrogen-bond acceptors (Lipinski definition) is 3. The molecule has 0 saturated carbocycles. The molecule has 0 spiro atoms. The molecule has 114 valence electrons. The Kier molecular flexibility index (Phi) is 5.01. The van der Waals surface area contributed by atoms with Crippen LogP contribution in [0.3, 0.4) is 0 Å². The summed E-state index contributed by atoms with van der Waals surface area (Å²) < 4.78 is 1.61. The molecule has 0 amide bonds. The number of aromatic nitrogens is 3. The largest absolute Gasteiger partial charge is 0.388 e. The van der Waals surface area contributed by atoms with E-state index in [1.54, 1.807) is 11.7 Å². The monoisotopic (exact) mass is 307 g/mol. The van der Waals surface area contributed by atoms with Gasteiger partial charge in [-0.1, -0.05) is 38.4 Å². The summed E-state index contributed by atoms with van der Waals surface area (Å²) >= 11 is 6.29. The van der Waals surface area contributed by atoms with Gasteiger partial charge in [0.2, 0.25) is 0 Å². The molecule has 4 nitrogen and oxygen atoms in total. The molecule has 1 N–H and O–H groups in total. The van der Waals surface area contributed by atoms with Crippen LogP contribution in [0.15, 0.2) is 18.3 Å². The molecule has 0 fully saturated rings. The van der Waals surface area contributed by atoms with Crippen molar-refractivity contribution in [3.63, 3.8) is 0 Å². The summed E-state index contributed by atoms with van der Waals surface area (Å²) in [7, 11) is 1.79. The minimum Gasteiger partial charge on any atom is -0.388 e. The zero-order chi connectivity index (χ0) is 15.6. The van der Waals surface area contributed by atoms with Gasteiger partial charge in [0, 0.05) is 30.9 Å². The maximum absolute atomic E-state index is 10.5. The molecule has 0 aliphatic rings. The highest BCUT2D eigenvalue weighted by Gasteiger charge is 2.24. The number of hydrogen-bond donors (Lipinski definition) is 1. The van der Waals surface area contributed by atoms with E-state index in [-0.39, 0.29) is 5.92 Å². The third-order valence-corrected chi connectivity index (χ3v) is 4.07. The highest BCUT2D eigenvalue weighted by atomic mass is 35.5. The molecular formula is C16H22ClN3O. The molecule has 0 aliphatic carbocycles. The van der Waals surface area contributed by atoms with Crippen molar-refractivity contribution in [1.29, 1.82) is 0 Å². The Labute approximate surface area is 130 Å². The van der Waals surface area contributed by atoms with E-state index in [9.17, 15) is 5.11 Å². The number of aliphatic hydroxyl groups excluding tert-OH is 1. The normalized spacial score (nSPS) is 12.9. The van der Waals surface area contributed by atoms with Crippen LogP contribution in [-0.4, -0.2) is 19.9 Å². The predicted octanol–water partition coefficient (Wildman–Crippen LogP) is 3.43. The predicted molar refractivity (Wildman–Crippen MR) is 84.6 cm³/mol. The van der Waals surface area contributed by atoms with Crippen LogP contribution in [0.1, 0.15) is 55.3 Å². The highest BCUT2D eigenvalue weighted by molar-refractivity contribution is 6.30. The molecule has 2 aromatic heterocycles. The van der Waals surface area contributed by atoms with Gasteiger partial charge < -0.3 is 5.11 Å². The number of rotatable bonds is 5. The van der Waals surface area contributed by atoms with Crippen molar-refractivity contribution < 1.29 is 5.11 Å². The standard InChI is InChI=1S/C16H22ClN3O/c1-5-11-6-7-12(18-9-11)8-13(21)14-15(10(2)3)19-20(4)16(14)17/h6-7,9-10,13,21H,5,8H2,1-4H3. The fourth-order valence-corrected chi connectivity index (χ4v) is 2.62. The van der Waals surface area contributed by atoms with Crippen LogP contribution in [0.2, 0.25) is 5.15 Å². The number of pyridine rings is 1. The lowest BCUT2D eigenvalue weighted by molar-refractivity contribution is 0.176. The third-order valence-electron chi connectivity index (χ3n) is 3.62. The molecule has 5 heteroatoms. The van der Waals surface area contributed by atoms with E-state index in [0.717, 1.165) is 23.4 Å². The van der Waals surface area contributed by atoms with Crippen LogP contribution in [0.25, 0.3) is 0 Å². The average Bonchev–Trinajstić information content (AvgIpc) is 2.76. The SMILES string of the molecule is CCc1ccc(CC(O)c2c(C(C)C)nn(C)c2Cl)nc1. The van der Waals surface area contributed by atoms with Crippen LogP contribution >= 0.6 is 11.6 Å². The second-order valence-corrected chi connectivity index (χ2v) is 5.96. The Hall–Kier alpha value is -1.39. The van der Waals surface area contributed by atoms with Gasteiger partial charge in [-0.3, -0.25) is 9.67 Å². The first-order chi connectivity index (χ1) is 9.93. The molecule has 0 bridgehead atoms. The Morgan fingerprint density at radius 3 is 2.57 bits per heavy atom. The van der Waals surface area contributed by atoms with Crippen molar-refractivity contribution in [3.05, 3.63) is 46.0 Å². The van der Waals surface area contributed by atoms with E-state index in [1.165, 1.54) is 5.56 Å². The van der Waals surface area contributed by atoms with Gasteiger partial charge in [-0.15, -0.1) is 0 Å². The van der Waals surface area contributed by atoms with Crippen molar-refractivity contribution in [2.75, 3.05) is 0 Å². The summed E-state index contributed by atoms with van der Waals surface area (Å²) in [6, 6.07) is 4.00. The van der Waals surface area contributed by atoms with Gasteiger partial charge in [0.05, 0.1) is 11.8 Å². The zero-order valence-electron chi connectivity index (χ0n) is 13.0. The van der Waals surface area contributed by atoms with E-state index < -0.39 is 6.10 Å².